The lowest BCUT2D eigenvalue weighted by atomic mass is 10.3. The lowest BCUT2D eigenvalue weighted by molar-refractivity contribution is 0.412. The Balaban J connectivity index is 2.36. The van der Waals surface area contributed by atoms with Crippen molar-refractivity contribution >= 4 is 38.7 Å². The second-order valence-corrected chi connectivity index (χ2v) is 5.34. The number of methoxy groups -OCH3 is 1. The molecule has 0 aliphatic heterocycles. The number of fused-ring (bicyclic) bond motifs is 1. The van der Waals surface area contributed by atoms with E-state index in [1.165, 1.54) is 0 Å². The molecule has 3 rings (SSSR count). The van der Waals surface area contributed by atoms with Gasteiger partial charge in [-0.05, 0) is 30.3 Å². The Morgan fingerprint density at radius 2 is 2.20 bits per heavy atom. The predicted molar refractivity (Wildman–Crippen MR) is 82.7 cm³/mol. The Bertz CT molecular complexity index is 772. The van der Waals surface area contributed by atoms with Crippen LogP contribution in [0.15, 0.2) is 41.0 Å². The summed E-state index contributed by atoms with van der Waals surface area (Å²) in [5, 5.41) is 0. The molecular weight excluding hydrogens is 342 g/mol. The molecule has 4 nitrogen and oxygen atoms in total. The van der Waals surface area contributed by atoms with Gasteiger partial charge in [0.05, 0.1) is 18.7 Å². The van der Waals surface area contributed by atoms with Crippen LogP contribution in [0.1, 0.15) is 5.82 Å². The van der Waals surface area contributed by atoms with Crippen molar-refractivity contribution in [2.24, 2.45) is 0 Å². The number of hydrogen-bond donors (Lipinski definition) is 0. The second-order valence-electron chi connectivity index (χ2n) is 4.16. The summed E-state index contributed by atoms with van der Waals surface area (Å²) in [6.07, 6.45) is 1.74. The van der Waals surface area contributed by atoms with E-state index in [0.29, 0.717) is 5.88 Å². The first-order valence-electron chi connectivity index (χ1n) is 5.97. The SMILES string of the molecule is COc1ccc(Br)cc1-n1c(CCl)nc2cccnc21. The fourth-order valence-corrected chi connectivity index (χ4v) is 2.67. The van der Waals surface area contributed by atoms with Gasteiger partial charge in [0.25, 0.3) is 0 Å². The Labute approximate surface area is 129 Å². The molecule has 0 unspecified atom stereocenters. The van der Waals surface area contributed by atoms with Gasteiger partial charge in [-0.2, -0.15) is 0 Å². The Hall–Kier alpha value is -1.59. The van der Waals surface area contributed by atoms with Crippen LogP contribution in [0.5, 0.6) is 5.75 Å². The third-order valence-electron chi connectivity index (χ3n) is 2.99. The van der Waals surface area contributed by atoms with E-state index in [1.54, 1.807) is 13.3 Å². The van der Waals surface area contributed by atoms with Crippen LogP contribution in [-0.2, 0) is 5.88 Å². The summed E-state index contributed by atoms with van der Waals surface area (Å²) < 4.78 is 8.31. The molecule has 0 radical (unpaired) electrons. The predicted octanol–water partition coefficient (Wildman–Crippen LogP) is 3.93. The Kier molecular flexibility index (Phi) is 3.63. The maximum absolute atomic E-state index is 6.03. The first kappa shape index (κ1) is 13.4. The fourth-order valence-electron chi connectivity index (χ4n) is 2.14. The first-order chi connectivity index (χ1) is 9.74. The lowest BCUT2D eigenvalue weighted by Gasteiger charge is -2.12. The van der Waals surface area contributed by atoms with Crippen molar-refractivity contribution in [2.45, 2.75) is 5.88 Å². The highest BCUT2D eigenvalue weighted by molar-refractivity contribution is 9.10. The van der Waals surface area contributed by atoms with Gasteiger partial charge in [-0.3, -0.25) is 4.57 Å². The summed E-state index contributed by atoms with van der Waals surface area (Å²) in [6, 6.07) is 9.56. The second kappa shape index (κ2) is 5.42. The van der Waals surface area contributed by atoms with Gasteiger partial charge in [-0.1, -0.05) is 15.9 Å². The van der Waals surface area contributed by atoms with Crippen LogP contribution >= 0.6 is 27.5 Å². The van der Waals surface area contributed by atoms with Crippen LogP contribution in [0.4, 0.5) is 0 Å². The Morgan fingerprint density at radius 1 is 1.35 bits per heavy atom. The molecule has 0 aliphatic rings. The number of halogens is 2. The van der Waals surface area contributed by atoms with Crippen LogP contribution in [0.3, 0.4) is 0 Å². The van der Waals surface area contributed by atoms with E-state index in [9.17, 15) is 0 Å². The van der Waals surface area contributed by atoms with Crippen LogP contribution in [0.2, 0.25) is 0 Å². The molecule has 20 heavy (non-hydrogen) atoms. The molecular formula is C14H11BrClN3O. The molecule has 3 aromatic rings. The number of alkyl halides is 1. The van der Waals surface area contributed by atoms with Gasteiger partial charge in [0.2, 0.25) is 0 Å². The molecule has 6 heteroatoms. The maximum atomic E-state index is 6.03. The van der Waals surface area contributed by atoms with Crippen LogP contribution in [-0.4, -0.2) is 21.6 Å². The van der Waals surface area contributed by atoms with Crippen molar-refractivity contribution < 1.29 is 4.74 Å². The average Bonchev–Trinajstić information content (AvgIpc) is 2.85. The fraction of sp³-hybridized carbons (Fsp3) is 0.143. The molecule has 0 N–H and O–H groups in total. The van der Waals surface area contributed by atoms with Gasteiger partial charge in [0.1, 0.15) is 17.1 Å². The van der Waals surface area contributed by atoms with Gasteiger partial charge >= 0.3 is 0 Å². The Morgan fingerprint density at radius 3 is 2.95 bits per heavy atom. The quantitative estimate of drug-likeness (QED) is 0.671. The van der Waals surface area contributed by atoms with Crippen molar-refractivity contribution in [3.8, 4) is 11.4 Å². The molecule has 1 aromatic carbocycles. The topological polar surface area (TPSA) is 39.9 Å². The van der Waals surface area contributed by atoms with Crippen molar-refractivity contribution in [3.63, 3.8) is 0 Å². The summed E-state index contributed by atoms with van der Waals surface area (Å²) >= 11 is 9.50. The largest absolute Gasteiger partial charge is 0.495 e. The number of hydrogen-bond acceptors (Lipinski definition) is 3. The standard InChI is InChI=1S/C14H11BrClN3O/c1-20-12-5-4-9(15)7-11(12)19-13(8-16)18-10-3-2-6-17-14(10)19/h2-7H,8H2,1H3. The number of ether oxygens (including phenoxy) is 1. The molecule has 2 heterocycles. The van der Waals surface area contributed by atoms with Gasteiger partial charge in [-0.15, -0.1) is 11.6 Å². The van der Waals surface area contributed by atoms with E-state index in [2.05, 4.69) is 25.9 Å². The monoisotopic (exact) mass is 351 g/mol. The van der Waals surface area contributed by atoms with Crippen molar-refractivity contribution in [1.82, 2.24) is 14.5 Å². The zero-order valence-electron chi connectivity index (χ0n) is 10.7. The van der Waals surface area contributed by atoms with Crippen molar-refractivity contribution in [2.75, 3.05) is 7.11 Å². The number of imidazole rings is 1. The summed E-state index contributed by atoms with van der Waals surface area (Å²) in [7, 11) is 1.64. The first-order valence-corrected chi connectivity index (χ1v) is 7.29. The highest BCUT2D eigenvalue weighted by Crippen LogP contribution is 2.30. The van der Waals surface area contributed by atoms with Gasteiger partial charge < -0.3 is 4.74 Å². The minimum absolute atomic E-state index is 0.298. The third kappa shape index (κ3) is 2.17. The molecule has 102 valence electrons. The summed E-state index contributed by atoms with van der Waals surface area (Å²) in [4.78, 5) is 8.91. The van der Waals surface area contributed by atoms with Gasteiger partial charge in [0, 0.05) is 10.7 Å². The van der Waals surface area contributed by atoms with E-state index < -0.39 is 0 Å². The molecule has 0 saturated carbocycles. The van der Waals surface area contributed by atoms with Crippen molar-refractivity contribution in [3.05, 3.63) is 46.8 Å². The number of nitrogens with zero attached hydrogens (tertiary/aromatic N) is 3. The van der Waals surface area contributed by atoms with E-state index in [-0.39, 0.29) is 0 Å². The van der Waals surface area contributed by atoms with E-state index in [0.717, 1.165) is 32.9 Å². The molecule has 0 bridgehead atoms. The summed E-state index contributed by atoms with van der Waals surface area (Å²) in [6.45, 7) is 0. The minimum atomic E-state index is 0.298. The molecule has 0 aliphatic carbocycles. The minimum Gasteiger partial charge on any atom is -0.495 e. The van der Waals surface area contributed by atoms with Crippen LogP contribution < -0.4 is 4.74 Å². The van der Waals surface area contributed by atoms with Crippen molar-refractivity contribution in [1.29, 1.82) is 0 Å². The van der Waals surface area contributed by atoms with Gasteiger partial charge in [0.15, 0.2) is 5.65 Å². The lowest BCUT2D eigenvalue weighted by Crippen LogP contribution is -2.02. The smallest absolute Gasteiger partial charge is 0.164 e. The molecule has 2 aromatic heterocycles. The molecule has 0 spiro atoms. The summed E-state index contributed by atoms with van der Waals surface area (Å²) in [5.74, 6) is 1.77. The van der Waals surface area contributed by atoms with E-state index in [4.69, 9.17) is 16.3 Å². The highest BCUT2D eigenvalue weighted by Gasteiger charge is 2.16. The number of aromatic nitrogens is 3. The average molecular weight is 353 g/mol. The zero-order chi connectivity index (χ0) is 14.1. The zero-order valence-corrected chi connectivity index (χ0v) is 13.0. The normalized spacial score (nSPS) is 10.9. The molecule has 0 saturated heterocycles. The number of benzene rings is 1. The van der Waals surface area contributed by atoms with Crippen LogP contribution in [0, 0.1) is 0 Å². The third-order valence-corrected chi connectivity index (χ3v) is 3.72. The number of pyridine rings is 1. The number of rotatable bonds is 3. The van der Waals surface area contributed by atoms with E-state index >= 15 is 0 Å². The summed E-state index contributed by atoms with van der Waals surface area (Å²) in [5.41, 5.74) is 2.43. The van der Waals surface area contributed by atoms with E-state index in [1.807, 2.05) is 34.9 Å². The maximum Gasteiger partial charge on any atom is 0.164 e. The molecule has 0 fully saturated rings. The van der Waals surface area contributed by atoms with Crippen LogP contribution in [0.25, 0.3) is 16.9 Å². The highest BCUT2D eigenvalue weighted by atomic mass is 79.9. The molecule has 0 atom stereocenters. The van der Waals surface area contributed by atoms with Gasteiger partial charge in [-0.25, -0.2) is 9.97 Å². The molecule has 0 amide bonds.